The second-order valence-corrected chi connectivity index (χ2v) is 7.74. The number of carboxylic acid groups (broad SMARTS) is 1. The van der Waals surface area contributed by atoms with Gasteiger partial charge in [-0.15, -0.1) is 0 Å². The second kappa shape index (κ2) is 8.14. The molecule has 3 aromatic rings. The normalized spacial score (nSPS) is 11.5. The van der Waals surface area contributed by atoms with E-state index >= 15 is 4.39 Å². The van der Waals surface area contributed by atoms with Gasteiger partial charge in [-0.05, 0) is 30.7 Å². The third kappa shape index (κ3) is 3.85. The lowest BCUT2D eigenvalue weighted by Crippen LogP contribution is -2.23. The average Bonchev–Trinajstić information content (AvgIpc) is 2.99. The number of hydrogen-bond donors (Lipinski definition) is 2. The summed E-state index contributed by atoms with van der Waals surface area (Å²) in [7, 11) is -5.04. The zero-order chi connectivity index (χ0) is 22.1. The first kappa shape index (κ1) is 21.3. The van der Waals surface area contributed by atoms with Gasteiger partial charge in [-0.1, -0.05) is 6.07 Å². The molecule has 1 aromatic carbocycles. The first-order valence-corrected chi connectivity index (χ1v) is 9.75. The molecule has 0 fully saturated rings. The van der Waals surface area contributed by atoms with Crippen molar-refractivity contribution in [3.63, 3.8) is 0 Å². The number of carbonyl (C=O) groups is 1. The van der Waals surface area contributed by atoms with Crippen LogP contribution in [0.2, 0.25) is 0 Å². The number of hydrogen-bond acceptors (Lipinski definition) is 4. The molecule has 2 N–H and O–H groups in total. The van der Waals surface area contributed by atoms with Crippen molar-refractivity contribution >= 4 is 16.1 Å². The van der Waals surface area contributed by atoms with Crippen LogP contribution in [0.25, 0.3) is 11.3 Å². The van der Waals surface area contributed by atoms with Crippen molar-refractivity contribution in [2.45, 2.75) is 11.3 Å². The lowest BCUT2D eigenvalue weighted by molar-refractivity contribution is 0.194. The Labute approximate surface area is 167 Å². The summed E-state index contributed by atoms with van der Waals surface area (Å²) in [6, 6.07) is 4.63. The summed E-state index contributed by atoms with van der Waals surface area (Å²) in [5.41, 5.74) is -1.70. The Bertz CT molecular complexity index is 1210. The van der Waals surface area contributed by atoms with Gasteiger partial charge in [-0.3, -0.25) is 0 Å². The van der Waals surface area contributed by atoms with Crippen molar-refractivity contribution in [2.75, 3.05) is 6.54 Å². The Morgan fingerprint density at radius 3 is 2.37 bits per heavy atom. The van der Waals surface area contributed by atoms with Crippen LogP contribution in [-0.4, -0.2) is 35.1 Å². The molecule has 2 aromatic heterocycles. The van der Waals surface area contributed by atoms with Gasteiger partial charge < -0.3 is 10.4 Å². The van der Waals surface area contributed by atoms with Crippen LogP contribution in [-0.2, 0) is 16.4 Å². The van der Waals surface area contributed by atoms with Crippen LogP contribution in [0.1, 0.15) is 5.56 Å². The lowest BCUT2D eigenvalue weighted by atomic mass is 10.1. The smallest absolute Gasteiger partial charge is 0.404 e. The van der Waals surface area contributed by atoms with E-state index in [0.717, 1.165) is 24.5 Å². The van der Waals surface area contributed by atoms with Crippen LogP contribution in [0.5, 0.6) is 0 Å². The van der Waals surface area contributed by atoms with Crippen molar-refractivity contribution in [1.82, 2.24) is 14.3 Å². The topological polar surface area (TPSA) is 101 Å². The van der Waals surface area contributed by atoms with E-state index in [1.54, 1.807) is 0 Å². The summed E-state index contributed by atoms with van der Waals surface area (Å²) in [5, 5.41) is 10.6. The highest BCUT2D eigenvalue weighted by atomic mass is 32.2. The largest absolute Gasteiger partial charge is 0.465 e. The molecule has 7 nitrogen and oxygen atoms in total. The molecule has 0 spiro atoms. The summed E-state index contributed by atoms with van der Waals surface area (Å²) in [6.07, 6.45) is 0.0681. The van der Waals surface area contributed by atoms with Crippen molar-refractivity contribution in [2.24, 2.45) is 0 Å². The molecule has 0 aliphatic carbocycles. The van der Waals surface area contributed by atoms with E-state index in [1.807, 2.05) is 5.32 Å². The summed E-state index contributed by atoms with van der Waals surface area (Å²) >= 11 is 0. The maximum atomic E-state index is 15.1. The molecular formula is C18H13F4N3O4S. The van der Waals surface area contributed by atoms with Gasteiger partial charge in [0.05, 0.1) is 5.56 Å². The summed E-state index contributed by atoms with van der Waals surface area (Å²) in [6.45, 7) is -0.292. The van der Waals surface area contributed by atoms with Gasteiger partial charge in [-0.2, -0.15) is 4.39 Å². The second-order valence-electron chi connectivity index (χ2n) is 5.99. The van der Waals surface area contributed by atoms with E-state index in [2.05, 4.69) is 4.98 Å². The number of aromatic nitrogens is 2. The molecule has 0 saturated carbocycles. The number of benzene rings is 1. The van der Waals surface area contributed by atoms with Gasteiger partial charge in [0.1, 0.15) is 17.3 Å². The molecule has 30 heavy (non-hydrogen) atoms. The van der Waals surface area contributed by atoms with Gasteiger partial charge in [0.25, 0.3) is 10.0 Å². The third-order valence-electron chi connectivity index (χ3n) is 4.10. The SMILES string of the molecule is O=C(O)NCCc1cn(S(=O)(=O)c2c(F)cccc2F)c(-c2cccnc2F)c1F. The van der Waals surface area contributed by atoms with E-state index in [9.17, 15) is 26.4 Å². The first-order chi connectivity index (χ1) is 14.1. The zero-order valence-electron chi connectivity index (χ0n) is 14.9. The van der Waals surface area contributed by atoms with Crippen LogP contribution >= 0.6 is 0 Å². The molecule has 0 aliphatic rings. The molecule has 1 amide bonds. The Morgan fingerprint density at radius 1 is 1.10 bits per heavy atom. The lowest BCUT2D eigenvalue weighted by Gasteiger charge is -2.12. The minimum absolute atomic E-state index is 0.222. The van der Waals surface area contributed by atoms with Crippen molar-refractivity contribution in [1.29, 1.82) is 0 Å². The van der Waals surface area contributed by atoms with Crippen molar-refractivity contribution in [3.05, 3.63) is 71.7 Å². The van der Waals surface area contributed by atoms with E-state index in [4.69, 9.17) is 5.11 Å². The number of nitrogens with zero attached hydrogens (tertiary/aromatic N) is 2. The van der Waals surface area contributed by atoms with Crippen LogP contribution in [0.15, 0.2) is 47.6 Å². The standard InChI is InChI=1S/C18H13F4N3O4S/c19-12-4-1-5-13(20)16(12)30(28,29)25-9-10(6-8-24-18(26)27)14(21)15(25)11-3-2-7-23-17(11)22/h1-5,7,9,24H,6,8H2,(H,26,27). The number of amides is 1. The zero-order valence-corrected chi connectivity index (χ0v) is 15.8. The molecule has 0 radical (unpaired) electrons. The molecule has 0 saturated heterocycles. The van der Waals surface area contributed by atoms with Crippen molar-refractivity contribution in [3.8, 4) is 11.3 Å². The Kier molecular flexibility index (Phi) is 5.78. The minimum atomic E-state index is -5.04. The number of rotatable bonds is 6. The van der Waals surface area contributed by atoms with Crippen LogP contribution in [0, 0.1) is 23.4 Å². The van der Waals surface area contributed by atoms with Crippen molar-refractivity contribution < 1.29 is 35.9 Å². The maximum absolute atomic E-state index is 15.1. The van der Waals surface area contributed by atoms with Gasteiger partial charge in [0, 0.05) is 24.5 Å². The summed E-state index contributed by atoms with van der Waals surface area (Å²) in [5.74, 6) is -5.25. The average molecular weight is 443 g/mol. The predicted molar refractivity (Wildman–Crippen MR) is 96.3 cm³/mol. The van der Waals surface area contributed by atoms with E-state index in [1.165, 1.54) is 6.07 Å². The summed E-state index contributed by atoms with van der Waals surface area (Å²) in [4.78, 5) is 12.6. The molecule has 12 heteroatoms. The fourth-order valence-corrected chi connectivity index (χ4v) is 4.32. The Hall–Kier alpha value is -3.41. The van der Waals surface area contributed by atoms with Crippen LogP contribution in [0.4, 0.5) is 22.4 Å². The quantitative estimate of drug-likeness (QED) is 0.450. The van der Waals surface area contributed by atoms with Gasteiger partial charge in [0.2, 0.25) is 5.95 Å². The molecule has 0 aliphatic heterocycles. The molecule has 0 atom stereocenters. The number of pyridine rings is 1. The highest BCUT2D eigenvalue weighted by Crippen LogP contribution is 2.33. The van der Waals surface area contributed by atoms with Gasteiger partial charge in [-0.25, -0.2) is 35.3 Å². The molecular weight excluding hydrogens is 430 g/mol. The molecule has 0 bridgehead atoms. The monoisotopic (exact) mass is 443 g/mol. The summed E-state index contributed by atoms with van der Waals surface area (Å²) < 4.78 is 83.8. The predicted octanol–water partition coefficient (Wildman–Crippen LogP) is 3.15. The number of nitrogens with one attached hydrogen (secondary N) is 1. The fourth-order valence-electron chi connectivity index (χ4n) is 2.81. The molecule has 2 heterocycles. The fraction of sp³-hybridized carbons (Fsp3) is 0.111. The number of halogens is 4. The Morgan fingerprint density at radius 2 is 1.77 bits per heavy atom. The van der Waals surface area contributed by atoms with Crippen LogP contribution < -0.4 is 5.32 Å². The van der Waals surface area contributed by atoms with E-state index in [0.29, 0.717) is 12.1 Å². The molecule has 0 unspecified atom stereocenters. The molecule has 3 rings (SSSR count). The van der Waals surface area contributed by atoms with Crippen LogP contribution in [0.3, 0.4) is 0 Å². The maximum Gasteiger partial charge on any atom is 0.404 e. The van der Waals surface area contributed by atoms with E-state index in [-0.39, 0.29) is 22.5 Å². The highest BCUT2D eigenvalue weighted by molar-refractivity contribution is 7.90. The minimum Gasteiger partial charge on any atom is -0.465 e. The third-order valence-corrected chi connectivity index (χ3v) is 5.82. The van der Waals surface area contributed by atoms with Gasteiger partial charge in [0.15, 0.2) is 10.7 Å². The highest BCUT2D eigenvalue weighted by Gasteiger charge is 2.32. The molecule has 158 valence electrons. The van der Waals surface area contributed by atoms with Gasteiger partial charge >= 0.3 is 6.09 Å². The Balaban J connectivity index is 2.25. The first-order valence-electron chi connectivity index (χ1n) is 8.31. The van der Waals surface area contributed by atoms with E-state index < -0.39 is 55.7 Å².